The summed E-state index contributed by atoms with van der Waals surface area (Å²) in [4.78, 5) is 14.8. The smallest absolute Gasteiger partial charge is 0.252 e. The lowest BCUT2D eigenvalue weighted by Crippen LogP contribution is -2.43. The summed E-state index contributed by atoms with van der Waals surface area (Å²) in [6.07, 6.45) is 2.00. The minimum Gasteiger partial charge on any atom is -0.489 e. The zero-order valence-corrected chi connectivity index (χ0v) is 16.0. The molecule has 1 N–H and O–H groups in total. The molecule has 1 heterocycles. The summed E-state index contributed by atoms with van der Waals surface area (Å²) in [5.74, 6) is 0.711. The van der Waals surface area contributed by atoms with Gasteiger partial charge in [-0.25, -0.2) is 0 Å². The van der Waals surface area contributed by atoms with Crippen LogP contribution in [0.1, 0.15) is 28.8 Å². The van der Waals surface area contributed by atoms with Crippen molar-refractivity contribution < 1.29 is 9.53 Å². The number of ether oxygens (including phenoxy) is 1. The van der Waals surface area contributed by atoms with Crippen LogP contribution in [0.2, 0.25) is 0 Å². The summed E-state index contributed by atoms with van der Waals surface area (Å²) in [6.45, 7) is 2.56. The van der Waals surface area contributed by atoms with E-state index in [0.717, 1.165) is 41.7 Å². The number of nitrogens with zero attached hydrogens (tertiary/aromatic N) is 1. The van der Waals surface area contributed by atoms with Gasteiger partial charge in [-0.05, 0) is 72.7 Å². The number of halogens is 1. The summed E-state index contributed by atoms with van der Waals surface area (Å²) in [5.41, 5.74) is 1.76. The van der Waals surface area contributed by atoms with E-state index in [0.29, 0.717) is 12.2 Å². The van der Waals surface area contributed by atoms with Gasteiger partial charge >= 0.3 is 0 Å². The Labute approximate surface area is 157 Å². The highest BCUT2D eigenvalue weighted by atomic mass is 79.9. The maximum atomic E-state index is 12.5. The highest BCUT2D eigenvalue weighted by Gasteiger charge is 2.20. The van der Waals surface area contributed by atoms with Gasteiger partial charge in [0.05, 0.1) is 5.56 Å². The number of amides is 1. The maximum absolute atomic E-state index is 12.5. The third-order valence-electron chi connectivity index (χ3n) is 4.49. The molecule has 25 heavy (non-hydrogen) atoms. The first-order valence-electron chi connectivity index (χ1n) is 8.57. The van der Waals surface area contributed by atoms with E-state index in [9.17, 15) is 4.79 Å². The van der Waals surface area contributed by atoms with Crippen LogP contribution in [-0.4, -0.2) is 37.0 Å². The minimum absolute atomic E-state index is 0.0314. The number of nitrogens with one attached hydrogen (secondary N) is 1. The van der Waals surface area contributed by atoms with Crippen LogP contribution in [-0.2, 0) is 6.61 Å². The Morgan fingerprint density at radius 2 is 1.92 bits per heavy atom. The molecule has 0 aromatic heterocycles. The van der Waals surface area contributed by atoms with Gasteiger partial charge in [0.15, 0.2) is 0 Å². The molecular weight excluding hydrogens is 380 g/mol. The van der Waals surface area contributed by atoms with E-state index < -0.39 is 0 Å². The highest BCUT2D eigenvalue weighted by Crippen LogP contribution is 2.24. The van der Waals surface area contributed by atoms with Crippen molar-refractivity contribution in [1.29, 1.82) is 0 Å². The van der Waals surface area contributed by atoms with E-state index in [-0.39, 0.29) is 11.9 Å². The molecule has 5 heteroatoms. The van der Waals surface area contributed by atoms with E-state index in [1.165, 1.54) is 0 Å². The predicted molar refractivity (Wildman–Crippen MR) is 103 cm³/mol. The van der Waals surface area contributed by atoms with E-state index >= 15 is 0 Å². The molecular formula is C20H23BrN2O2. The normalized spacial score (nSPS) is 15.8. The Kier molecular flexibility index (Phi) is 6.10. The molecule has 132 valence electrons. The second-order valence-electron chi connectivity index (χ2n) is 6.47. The standard InChI is InChI=1S/C20H23BrN2O2/c1-23-11-9-16(10-12-23)22-20(24)18-8-7-17(13-19(18)21)25-14-15-5-3-2-4-6-15/h2-8,13,16H,9-12,14H2,1H3,(H,22,24). The van der Waals surface area contributed by atoms with Crippen LogP contribution in [0.5, 0.6) is 5.75 Å². The summed E-state index contributed by atoms with van der Waals surface area (Å²) in [7, 11) is 2.11. The molecule has 4 nitrogen and oxygen atoms in total. The van der Waals surface area contributed by atoms with Crippen LogP contribution in [0.4, 0.5) is 0 Å². The van der Waals surface area contributed by atoms with Crippen molar-refractivity contribution in [1.82, 2.24) is 10.2 Å². The molecule has 0 unspecified atom stereocenters. The van der Waals surface area contributed by atoms with Crippen molar-refractivity contribution in [3.05, 3.63) is 64.1 Å². The van der Waals surface area contributed by atoms with Crippen molar-refractivity contribution in [2.24, 2.45) is 0 Å². The van der Waals surface area contributed by atoms with Crippen molar-refractivity contribution in [3.63, 3.8) is 0 Å². The van der Waals surface area contributed by atoms with Gasteiger partial charge in [0.2, 0.25) is 0 Å². The first kappa shape index (κ1) is 18.0. The fourth-order valence-corrected chi connectivity index (χ4v) is 3.46. The lowest BCUT2D eigenvalue weighted by molar-refractivity contribution is 0.0916. The largest absolute Gasteiger partial charge is 0.489 e. The Bertz CT molecular complexity index is 713. The Balaban J connectivity index is 1.58. The Morgan fingerprint density at radius 3 is 2.60 bits per heavy atom. The lowest BCUT2D eigenvalue weighted by atomic mass is 10.0. The summed E-state index contributed by atoms with van der Waals surface area (Å²) in [5, 5.41) is 3.14. The molecule has 1 amide bonds. The van der Waals surface area contributed by atoms with Gasteiger partial charge in [-0.2, -0.15) is 0 Å². The van der Waals surface area contributed by atoms with Gasteiger partial charge in [-0.1, -0.05) is 30.3 Å². The van der Waals surface area contributed by atoms with E-state index in [1.807, 2.05) is 48.5 Å². The van der Waals surface area contributed by atoms with Gasteiger partial charge in [0.1, 0.15) is 12.4 Å². The van der Waals surface area contributed by atoms with Crippen LogP contribution in [0, 0.1) is 0 Å². The molecule has 1 aliphatic rings. The van der Waals surface area contributed by atoms with E-state index in [1.54, 1.807) is 0 Å². The van der Waals surface area contributed by atoms with Crippen LogP contribution >= 0.6 is 15.9 Å². The summed E-state index contributed by atoms with van der Waals surface area (Å²) >= 11 is 3.50. The van der Waals surface area contributed by atoms with Crippen LogP contribution in [0.25, 0.3) is 0 Å². The number of hydrogen-bond donors (Lipinski definition) is 1. The molecule has 0 aliphatic carbocycles. The van der Waals surface area contributed by atoms with E-state index in [2.05, 4.69) is 33.2 Å². The number of benzene rings is 2. The molecule has 1 saturated heterocycles. The number of piperidine rings is 1. The zero-order valence-electron chi connectivity index (χ0n) is 14.4. The monoisotopic (exact) mass is 402 g/mol. The van der Waals surface area contributed by atoms with Crippen molar-refractivity contribution in [2.75, 3.05) is 20.1 Å². The predicted octanol–water partition coefficient (Wildman–Crippen LogP) is 3.85. The van der Waals surface area contributed by atoms with Crippen molar-refractivity contribution >= 4 is 21.8 Å². The molecule has 2 aromatic rings. The van der Waals surface area contributed by atoms with Crippen molar-refractivity contribution in [2.45, 2.75) is 25.5 Å². The van der Waals surface area contributed by atoms with Crippen LogP contribution in [0.3, 0.4) is 0 Å². The maximum Gasteiger partial charge on any atom is 0.252 e. The zero-order chi connectivity index (χ0) is 17.6. The number of rotatable bonds is 5. The SMILES string of the molecule is CN1CCC(NC(=O)c2ccc(OCc3ccccc3)cc2Br)CC1. The first-order chi connectivity index (χ1) is 12.1. The first-order valence-corrected chi connectivity index (χ1v) is 9.37. The van der Waals surface area contributed by atoms with Crippen LogP contribution in [0.15, 0.2) is 53.0 Å². The Morgan fingerprint density at radius 1 is 1.20 bits per heavy atom. The molecule has 2 aromatic carbocycles. The highest BCUT2D eigenvalue weighted by molar-refractivity contribution is 9.10. The molecule has 1 fully saturated rings. The molecule has 0 atom stereocenters. The number of likely N-dealkylation sites (tertiary alicyclic amines) is 1. The van der Waals surface area contributed by atoms with Gasteiger partial charge in [-0.3, -0.25) is 4.79 Å². The molecule has 3 rings (SSSR count). The third-order valence-corrected chi connectivity index (χ3v) is 5.14. The topological polar surface area (TPSA) is 41.6 Å². The summed E-state index contributed by atoms with van der Waals surface area (Å²) < 4.78 is 6.56. The second kappa shape index (κ2) is 8.50. The third kappa shape index (κ3) is 5.06. The molecule has 0 radical (unpaired) electrons. The lowest BCUT2D eigenvalue weighted by Gasteiger charge is -2.29. The van der Waals surface area contributed by atoms with Gasteiger partial charge < -0.3 is 15.0 Å². The second-order valence-corrected chi connectivity index (χ2v) is 7.32. The summed E-state index contributed by atoms with van der Waals surface area (Å²) in [6, 6.07) is 15.8. The minimum atomic E-state index is -0.0314. The van der Waals surface area contributed by atoms with Gasteiger partial charge in [0.25, 0.3) is 5.91 Å². The number of hydrogen-bond acceptors (Lipinski definition) is 3. The van der Waals surface area contributed by atoms with Crippen molar-refractivity contribution in [3.8, 4) is 5.75 Å². The fraction of sp³-hybridized carbons (Fsp3) is 0.350. The fourth-order valence-electron chi connectivity index (χ4n) is 2.93. The molecule has 0 bridgehead atoms. The average molecular weight is 403 g/mol. The number of carbonyl (C=O) groups excluding carboxylic acids is 1. The average Bonchev–Trinajstić information content (AvgIpc) is 2.63. The quantitative estimate of drug-likeness (QED) is 0.825. The Hall–Kier alpha value is -1.85. The molecule has 0 saturated carbocycles. The van der Waals surface area contributed by atoms with E-state index in [4.69, 9.17) is 4.74 Å². The number of carbonyl (C=O) groups is 1. The van der Waals surface area contributed by atoms with Gasteiger partial charge in [-0.15, -0.1) is 0 Å². The van der Waals surface area contributed by atoms with Crippen LogP contribution < -0.4 is 10.1 Å². The molecule has 1 aliphatic heterocycles. The van der Waals surface area contributed by atoms with Gasteiger partial charge in [0, 0.05) is 10.5 Å². The molecule has 0 spiro atoms.